The maximum absolute atomic E-state index is 13.1. The second-order valence-electron chi connectivity index (χ2n) is 6.93. The van der Waals surface area contributed by atoms with E-state index in [-0.39, 0.29) is 16.9 Å². The van der Waals surface area contributed by atoms with Crippen LogP contribution in [0.15, 0.2) is 23.1 Å². The van der Waals surface area contributed by atoms with Gasteiger partial charge in [-0.3, -0.25) is 0 Å². The highest BCUT2D eigenvalue weighted by Crippen LogP contribution is 2.37. The first-order chi connectivity index (χ1) is 11.4. The van der Waals surface area contributed by atoms with Gasteiger partial charge >= 0.3 is 0 Å². The minimum absolute atomic E-state index is 0.0375. The van der Waals surface area contributed by atoms with Crippen LogP contribution < -0.4 is 0 Å². The van der Waals surface area contributed by atoms with Crippen LogP contribution in [-0.4, -0.2) is 36.5 Å². The van der Waals surface area contributed by atoms with Gasteiger partial charge in [0.25, 0.3) is 0 Å². The number of benzene rings is 1. The lowest BCUT2D eigenvalue weighted by Gasteiger charge is -2.36. The summed E-state index contributed by atoms with van der Waals surface area (Å²) in [5, 5.41) is 19.4. The molecule has 2 fully saturated rings. The molecule has 5 nitrogen and oxygen atoms in total. The molecule has 1 aromatic carbocycles. The summed E-state index contributed by atoms with van der Waals surface area (Å²) in [6, 6.07) is 6.64. The Balaban J connectivity index is 1.91. The minimum Gasteiger partial charge on any atom is -0.393 e. The Morgan fingerprint density at radius 3 is 2.62 bits per heavy atom. The van der Waals surface area contributed by atoms with E-state index in [0.29, 0.717) is 17.7 Å². The van der Waals surface area contributed by atoms with Crippen LogP contribution in [0, 0.1) is 24.2 Å². The average Bonchev–Trinajstić information content (AvgIpc) is 3.05. The van der Waals surface area contributed by atoms with Crippen molar-refractivity contribution in [1.29, 1.82) is 5.26 Å². The standard InChI is InChI=1S/C18H24N2O3S/c1-13-11-15(9-8-14(13)12-19)24(22,23)20-10-4-6-17(20)16-5-2-3-7-18(16)21/h8-9,11,16-18,21H,2-7,10H2,1H3/t16-,17+,18+/m0/s1. The van der Waals surface area contributed by atoms with E-state index >= 15 is 0 Å². The van der Waals surface area contributed by atoms with E-state index in [1.807, 2.05) is 0 Å². The van der Waals surface area contributed by atoms with Crippen molar-refractivity contribution in [3.8, 4) is 6.07 Å². The number of aliphatic hydroxyl groups is 1. The molecule has 0 radical (unpaired) electrons. The number of hydrogen-bond donors (Lipinski definition) is 1. The third kappa shape index (κ3) is 3.08. The number of aliphatic hydroxyl groups excluding tert-OH is 1. The first-order valence-corrected chi connectivity index (χ1v) is 10.1. The van der Waals surface area contributed by atoms with Crippen molar-refractivity contribution >= 4 is 10.0 Å². The maximum atomic E-state index is 13.1. The minimum atomic E-state index is -3.60. The van der Waals surface area contributed by atoms with Crippen molar-refractivity contribution in [2.24, 2.45) is 5.92 Å². The summed E-state index contributed by atoms with van der Waals surface area (Å²) in [7, 11) is -3.60. The zero-order valence-electron chi connectivity index (χ0n) is 14.0. The second-order valence-corrected chi connectivity index (χ2v) is 8.82. The molecule has 1 saturated carbocycles. The van der Waals surface area contributed by atoms with Gasteiger partial charge in [0.1, 0.15) is 0 Å². The number of sulfonamides is 1. The smallest absolute Gasteiger partial charge is 0.243 e. The highest BCUT2D eigenvalue weighted by atomic mass is 32.2. The van der Waals surface area contributed by atoms with Crippen LogP contribution in [0.2, 0.25) is 0 Å². The van der Waals surface area contributed by atoms with Gasteiger partial charge < -0.3 is 5.11 Å². The summed E-state index contributed by atoms with van der Waals surface area (Å²) < 4.78 is 27.8. The van der Waals surface area contributed by atoms with Crippen LogP contribution in [0.1, 0.15) is 49.7 Å². The summed E-state index contributed by atoms with van der Waals surface area (Å²) in [5.41, 5.74) is 1.17. The monoisotopic (exact) mass is 348 g/mol. The van der Waals surface area contributed by atoms with Gasteiger partial charge in [-0.2, -0.15) is 9.57 Å². The lowest BCUT2D eigenvalue weighted by atomic mass is 9.81. The second kappa shape index (κ2) is 6.83. The molecule has 0 spiro atoms. The van der Waals surface area contributed by atoms with E-state index < -0.39 is 16.1 Å². The number of rotatable bonds is 3. The van der Waals surface area contributed by atoms with Gasteiger partial charge in [-0.15, -0.1) is 0 Å². The Kier molecular flexibility index (Phi) is 4.95. The molecule has 1 saturated heterocycles. The zero-order chi connectivity index (χ0) is 17.3. The molecule has 6 heteroatoms. The average molecular weight is 348 g/mol. The molecule has 130 valence electrons. The number of aryl methyl sites for hydroxylation is 1. The van der Waals surface area contributed by atoms with Crippen molar-refractivity contribution in [3.63, 3.8) is 0 Å². The quantitative estimate of drug-likeness (QED) is 0.910. The van der Waals surface area contributed by atoms with Gasteiger partial charge in [-0.25, -0.2) is 8.42 Å². The SMILES string of the molecule is Cc1cc(S(=O)(=O)N2CCC[C@@H]2[C@@H]2CCCC[C@H]2O)ccc1C#N. The molecule has 24 heavy (non-hydrogen) atoms. The molecule has 3 rings (SSSR count). The van der Waals surface area contributed by atoms with Crippen molar-refractivity contribution in [2.45, 2.75) is 62.5 Å². The molecular formula is C18H24N2O3S. The molecule has 3 atom stereocenters. The third-order valence-electron chi connectivity index (χ3n) is 5.45. The van der Waals surface area contributed by atoms with Crippen LogP contribution in [-0.2, 0) is 10.0 Å². The lowest BCUT2D eigenvalue weighted by Crippen LogP contribution is -2.45. The Hall–Kier alpha value is -1.42. The molecule has 0 amide bonds. The van der Waals surface area contributed by atoms with E-state index in [0.717, 1.165) is 38.5 Å². The molecule has 1 aromatic rings. The van der Waals surface area contributed by atoms with E-state index in [4.69, 9.17) is 5.26 Å². The molecule has 1 aliphatic heterocycles. The molecule has 0 unspecified atom stereocenters. The van der Waals surface area contributed by atoms with Gasteiger partial charge in [0, 0.05) is 18.5 Å². The van der Waals surface area contributed by atoms with E-state index in [1.165, 1.54) is 6.07 Å². The lowest BCUT2D eigenvalue weighted by molar-refractivity contribution is 0.0386. The van der Waals surface area contributed by atoms with Gasteiger partial charge in [0.2, 0.25) is 10.0 Å². The van der Waals surface area contributed by atoms with Crippen LogP contribution in [0.5, 0.6) is 0 Å². The Bertz CT molecular complexity index is 754. The first-order valence-electron chi connectivity index (χ1n) is 8.66. The van der Waals surface area contributed by atoms with Crippen LogP contribution in [0.25, 0.3) is 0 Å². The predicted octanol–water partition coefficient (Wildman–Crippen LogP) is 2.57. The molecule has 1 aliphatic carbocycles. The fourth-order valence-electron chi connectivity index (χ4n) is 4.14. The van der Waals surface area contributed by atoms with Crippen molar-refractivity contribution in [1.82, 2.24) is 4.31 Å². The van der Waals surface area contributed by atoms with E-state index in [1.54, 1.807) is 23.4 Å². The fraction of sp³-hybridized carbons (Fsp3) is 0.611. The Morgan fingerprint density at radius 2 is 1.96 bits per heavy atom. The van der Waals surface area contributed by atoms with Gasteiger partial charge in [0.05, 0.1) is 22.6 Å². The summed E-state index contributed by atoms with van der Waals surface area (Å²) in [5.74, 6) is 0.0375. The van der Waals surface area contributed by atoms with Crippen molar-refractivity contribution in [2.75, 3.05) is 6.54 Å². The zero-order valence-corrected chi connectivity index (χ0v) is 14.8. The summed E-state index contributed by atoms with van der Waals surface area (Å²) >= 11 is 0. The fourth-order valence-corrected chi connectivity index (χ4v) is 5.96. The largest absolute Gasteiger partial charge is 0.393 e. The number of nitriles is 1. The topological polar surface area (TPSA) is 81.4 Å². The van der Waals surface area contributed by atoms with Gasteiger partial charge in [0.15, 0.2) is 0 Å². The van der Waals surface area contributed by atoms with Crippen molar-refractivity contribution in [3.05, 3.63) is 29.3 Å². The molecule has 1 N–H and O–H groups in total. The van der Waals surface area contributed by atoms with E-state index in [9.17, 15) is 13.5 Å². The highest BCUT2D eigenvalue weighted by molar-refractivity contribution is 7.89. The molecule has 0 bridgehead atoms. The third-order valence-corrected chi connectivity index (χ3v) is 7.37. The van der Waals surface area contributed by atoms with Crippen LogP contribution >= 0.6 is 0 Å². The Labute approximate surface area is 144 Å². The molecule has 0 aromatic heterocycles. The van der Waals surface area contributed by atoms with Gasteiger partial charge in [-0.05, 0) is 56.4 Å². The summed E-state index contributed by atoms with van der Waals surface area (Å²) in [6.07, 6.45) is 4.99. The summed E-state index contributed by atoms with van der Waals surface area (Å²) in [6.45, 7) is 2.26. The number of hydrogen-bond acceptors (Lipinski definition) is 4. The predicted molar refractivity (Wildman–Crippen MR) is 90.8 cm³/mol. The van der Waals surface area contributed by atoms with Crippen molar-refractivity contribution < 1.29 is 13.5 Å². The normalized spacial score (nSPS) is 28.6. The summed E-state index contributed by atoms with van der Waals surface area (Å²) in [4.78, 5) is 0.246. The Morgan fingerprint density at radius 1 is 1.21 bits per heavy atom. The molecular weight excluding hydrogens is 324 g/mol. The van der Waals surface area contributed by atoms with Crippen LogP contribution in [0.3, 0.4) is 0 Å². The maximum Gasteiger partial charge on any atom is 0.243 e. The van der Waals surface area contributed by atoms with E-state index in [2.05, 4.69) is 6.07 Å². The first kappa shape index (κ1) is 17.4. The molecule has 2 aliphatic rings. The highest BCUT2D eigenvalue weighted by Gasteiger charge is 2.42. The van der Waals surface area contributed by atoms with Crippen LogP contribution in [0.4, 0.5) is 0 Å². The van der Waals surface area contributed by atoms with Gasteiger partial charge in [-0.1, -0.05) is 12.8 Å². The molecule has 1 heterocycles. The number of nitrogens with zero attached hydrogens (tertiary/aromatic N) is 2.